The molecule has 0 bridgehead atoms. The summed E-state index contributed by atoms with van der Waals surface area (Å²) in [6.07, 6.45) is 4.88. The number of carbonyl (C=O) groups excluding carboxylic acids is 1. The first-order valence-electron chi connectivity index (χ1n) is 8.25. The summed E-state index contributed by atoms with van der Waals surface area (Å²) in [5.74, 6) is 1.61. The number of anilines is 1. The Morgan fingerprint density at radius 2 is 1.96 bits per heavy atom. The van der Waals surface area contributed by atoms with Gasteiger partial charge in [0.1, 0.15) is 11.5 Å². The molecular formula is C19H22N2O3. The molecule has 1 aliphatic rings. The molecule has 0 N–H and O–H groups in total. The van der Waals surface area contributed by atoms with Crippen LogP contribution in [0, 0.1) is 0 Å². The van der Waals surface area contributed by atoms with E-state index in [1.165, 1.54) is 0 Å². The van der Waals surface area contributed by atoms with Crippen molar-refractivity contribution in [2.45, 2.75) is 6.92 Å². The molecule has 0 aliphatic carbocycles. The van der Waals surface area contributed by atoms with Gasteiger partial charge in [-0.1, -0.05) is 12.1 Å². The maximum absolute atomic E-state index is 12.3. The highest BCUT2D eigenvalue weighted by molar-refractivity contribution is 5.91. The lowest BCUT2D eigenvalue weighted by Crippen LogP contribution is -2.48. The molecule has 0 saturated carbocycles. The van der Waals surface area contributed by atoms with Gasteiger partial charge in [0.25, 0.3) is 0 Å². The van der Waals surface area contributed by atoms with Gasteiger partial charge in [-0.3, -0.25) is 4.79 Å². The smallest absolute Gasteiger partial charge is 0.246 e. The van der Waals surface area contributed by atoms with Gasteiger partial charge in [0.15, 0.2) is 0 Å². The highest BCUT2D eigenvalue weighted by atomic mass is 16.5. The lowest BCUT2D eigenvalue weighted by Gasteiger charge is -2.36. The Kier molecular flexibility index (Phi) is 5.21. The Hall–Kier alpha value is -2.69. The molecule has 0 atom stereocenters. The molecule has 1 aromatic carbocycles. The summed E-state index contributed by atoms with van der Waals surface area (Å²) >= 11 is 0. The topological polar surface area (TPSA) is 45.9 Å². The van der Waals surface area contributed by atoms with Gasteiger partial charge in [0.05, 0.1) is 18.6 Å². The summed E-state index contributed by atoms with van der Waals surface area (Å²) in [6, 6.07) is 11.7. The summed E-state index contributed by atoms with van der Waals surface area (Å²) in [5.41, 5.74) is 1.09. The van der Waals surface area contributed by atoms with Crippen LogP contribution in [0.3, 0.4) is 0 Å². The van der Waals surface area contributed by atoms with E-state index >= 15 is 0 Å². The third-order valence-corrected chi connectivity index (χ3v) is 4.03. The number of piperazine rings is 1. The molecule has 0 spiro atoms. The zero-order valence-electron chi connectivity index (χ0n) is 13.9. The first-order chi connectivity index (χ1) is 11.8. The molecule has 1 aliphatic heterocycles. The van der Waals surface area contributed by atoms with E-state index in [0.717, 1.165) is 24.5 Å². The number of hydrogen-bond donors (Lipinski definition) is 0. The van der Waals surface area contributed by atoms with E-state index in [0.29, 0.717) is 25.5 Å². The number of carbonyl (C=O) groups is 1. The molecule has 2 heterocycles. The number of nitrogens with zero attached hydrogens (tertiary/aromatic N) is 2. The maximum Gasteiger partial charge on any atom is 0.246 e. The number of furan rings is 1. The van der Waals surface area contributed by atoms with Crippen LogP contribution in [-0.4, -0.2) is 43.6 Å². The predicted octanol–water partition coefficient (Wildman–Crippen LogP) is 3.04. The molecule has 5 nitrogen and oxygen atoms in total. The average molecular weight is 326 g/mol. The van der Waals surface area contributed by atoms with Crippen LogP contribution >= 0.6 is 0 Å². The van der Waals surface area contributed by atoms with Gasteiger partial charge in [0, 0.05) is 32.3 Å². The lowest BCUT2D eigenvalue weighted by molar-refractivity contribution is -0.126. The van der Waals surface area contributed by atoms with E-state index in [4.69, 9.17) is 9.15 Å². The van der Waals surface area contributed by atoms with Gasteiger partial charge in [-0.05, 0) is 37.3 Å². The van der Waals surface area contributed by atoms with Gasteiger partial charge in [-0.2, -0.15) is 0 Å². The fraction of sp³-hybridized carbons (Fsp3) is 0.316. The fourth-order valence-electron chi connectivity index (χ4n) is 2.81. The molecule has 5 heteroatoms. The van der Waals surface area contributed by atoms with Gasteiger partial charge >= 0.3 is 0 Å². The lowest BCUT2D eigenvalue weighted by atomic mass is 10.2. The van der Waals surface area contributed by atoms with Gasteiger partial charge in [-0.15, -0.1) is 0 Å². The van der Waals surface area contributed by atoms with E-state index in [1.54, 1.807) is 24.5 Å². The third-order valence-electron chi connectivity index (χ3n) is 4.03. The van der Waals surface area contributed by atoms with Crippen LogP contribution in [0.25, 0.3) is 6.08 Å². The van der Waals surface area contributed by atoms with E-state index in [2.05, 4.69) is 11.0 Å². The molecule has 0 unspecified atom stereocenters. The van der Waals surface area contributed by atoms with Crippen molar-refractivity contribution in [1.82, 2.24) is 4.90 Å². The zero-order valence-corrected chi connectivity index (χ0v) is 13.9. The zero-order chi connectivity index (χ0) is 16.8. The number of rotatable bonds is 5. The normalized spacial score (nSPS) is 15.0. The van der Waals surface area contributed by atoms with Crippen molar-refractivity contribution in [3.8, 4) is 5.75 Å². The quantitative estimate of drug-likeness (QED) is 0.792. The standard InChI is InChI=1S/C19H22N2O3/c1-2-23-18-8-4-3-7-17(18)20-11-13-21(14-12-20)19(22)10-9-16-6-5-15-24-16/h3-10,15H,2,11-14H2,1H3. The van der Waals surface area contributed by atoms with Crippen molar-refractivity contribution in [1.29, 1.82) is 0 Å². The fourth-order valence-corrected chi connectivity index (χ4v) is 2.81. The molecule has 24 heavy (non-hydrogen) atoms. The minimum absolute atomic E-state index is 0.0177. The molecule has 1 amide bonds. The second-order valence-corrected chi connectivity index (χ2v) is 5.56. The SMILES string of the molecule is CCOc1ccccc1N1CCN(C(=O)C=Cc2ccco2)CC1. The molecular weight excluding hydrogens is 304 g/mol. The summed E-state index contributed by atoms with van der Waals surface area (Å²) in [7, 11) is 0. The van der Waals surface area contributed by atoms with E-state index < -0.39 is 0 Å². The predicted molar refractivity (Wildman–Crippen MR) is 94.1 cm³/mol. The molecule has 1 fully saturated rings. The van der Waals surface area contributed by atoms with E-state index in [-0.39, 0.29) is 5.91 Å². The molecule has 1 saturated heterocycles. The number of benzene rings is 1. The van der Waals surface area contributed by atoms with Crippen LogP contribution < -0.4 is 9.64 Å². The second kappa shape index (κ2) is 7.73. The van der Waals surface area contributed by atoms with E-state index in [1.807, 2.05) is 36.1 Å². The molecule has 126 valence electrons. The Morgan fingerprint density at radius 1 is 1.17 bits per heavy atom. The number of ether oxygens (including phenoxy) is 1. The second-order valence-electron chi connectivity index (χ2n) is 5.56. The van der Waals surface area contributed by atoms with Gasteiger partial charge in [-0.25, -0.2) is 0 Å². The Balaban J connectivity index is 1.59. The number of para-hydroxylation sites is 2. The summed E-state index contributed by atoms with van der Waals surface area (Å²) < 4.78 is 10.9. The Morgan fingerprint density at radius 3 is 2.67 bits per heavy atom. The van der Waals surface area contributed by atoms with Crippen LogP contribution in [0.5, 0.6) is 5.75 Å². The van der Waals surface area contributed by atoms with Crippen molar-refractivity contribution in [2.24, 2.45) is 0 Å². The van der Waals surface area contributed by atoms with Crippen LogP contribution in [0.1, 0.15) is 12.7 Å². The monoisotopic (exact) mass is 326 g/mol. The minimum Gasteiger partial charge on any atom is -0.492 e. The maximum atomic E-state index is 12.3. The molecule has 0 radical (unpaired) electrons. The van der Waals surface area contributed by atoms with Crippen molar-refractivity contribution >= 4 is 17.7 Å². The largest absolute Gasteiger partial charge is 0.492 e. The number of hydrogen-bond acceptors (Lipinski definition) is 4. The Bertz CT molecular complexity index is 686. The average Bonchev–Trinajstić information content (AvgIpc) is 3.14. The van der Waals surface area contributed by atoms with Crippen LogP contribution in [-0.2, 0) is 4.79 Å². The van der Waals surface area contributed by atoms with Crippen LogP contribution in [0.2, 0.25) is 0 Å². The van der Waals surface area contributed by atoms with Gasteiger partial charge < -0.3 is 19.0 Å². The highest BCUT2D eigenvalue weighted by Crippen LogP contribution is 2.28. The van der Waals surface area contributed by atoms with E-state index in [9.17, 15) is 4.79 Å². The molecule has 1 aromatic heterocycles. The molecule has 3 rings (SSSR count). The highest BCUT2D eigenvalue weighted by Gasteiger charge is 2.21. The number of amides is 1. The van der Waals surface area contributed by atoms with Crippen LogP contribution in [0.15, 0.2) is 53.2 Å². The van der Waals surface area contributed by atoms with Crippen molar-refractivity contribution in [3.63, 3.8) is 0 Å². The van der Waals surface area contributed by atoms with Crippen LogP contribution in [0.4, 0.5) is 5.69 Å². The first-order valence-corrected chi connectivity index (χ1v) is 8.25. The van der Waals surface area contributed by atoms with Crippen molar-refractivity contribution in [2.75, 3.05) is 37.7 Å². The minimum atomic E-state index is 0.0177. The summed E-state index contributed by atoms with van der Waals surface area (Å²) in [5, 5.41) is 0. The van der Waals surface area contributed by atoms with Crippen molar-refractivity contribution in [3.05, 3.63) is 54.5 Å². The summed E-state index contributed by atoms with van der Waals surface area (Å²) in [6.45, 7) is 5.62. The van der Waals surface area contributed by atoms with Crippen molar-refractivity contribution < 1.29 is 13.9 Å². The first kappa shape index (κ1) is 16.2. The third kappa shape index (κ3) is 3.79. The van der Waals surface area contributed by atoms with Gasteiger partial charge in [0.2, 0.25) is 5.91 Å². The molecule has 2 aromatic rings. The Labute approximate surface area is 142 Å². The summed E-state index contributed by atoms with van der Waals surface area (Å²) in [4.78, 5) is 16.4.